The standard InChI is InChI=1S/C18H17N3O5S2/c22-16-4-3-15(17(23)20-16)21-9-12-2-1-11(7-14(12)18(21)24)8-19-28(25,26)13-5-6-27-10-13/h1-2,5-7,10,15,19H,3-4,8-9H2,(H,20,22,23). The zero-order chi connectivity index (χ0) is 19.9. The van der Waals surface area contributed by atoms with Crippen LogP contribution in [0.3, 0.4) is 0 Å². The molecule has 0 aliphatic carbocycles. The first-order valence-corrected chi connectivity index (χ1v) is 11.1. The van der Waals surface area contributed by atoms with Gasteiger partial charge in [-0.05, 0) is 35.1 Å². The number of rotatable bonds is 5. The molecule has 0 bridgehead atoms. The zero-order valence-corrected chi connectivity index (χ0v) is 16.3. The number of hydrogen-bond acceptors (Lipinski definition) is 6. The Balaban J connectivity index is 1.49. The Bertz CT molecular complexity index is 1060. The number of hydrogen-bond donors (Lipinski definition) is 2. The van der Waals surface area contributed by atoms with Crippen molar-refractivity contribution >= 4 is 39.1 Å². The lowest BCUT2D eigenvalue weighted by atomic mass is 10.0. The van der Waals surface area contributed by atoms with Gasteiger partial charge in [0.1, 0.15) is 6.04 Å². The quantitative estimate of drug-likeness (QED) is 0.702. The van der Waals surface area contributed by atoms with Crippen molar-refractivity contribution in [3.05, 3.63) is 51.7 Å². The van der Waals surface area contributed by atoms with E-state index in [1.165, 1.54) is 22.3 Å². The van der Waals surface area contributed by atoms with Gasteiger partial charge in [-0.15, -0.1) is 0 Å². The molecule has 0 spiro atoms. The Morgan fingerprint density at radius 1 is 1.21 bits per heavy atom. The molecule has 1 aromatic heterocycles. The number of sulfonamides is 1. The predicted molar refractivity (Wildman–Crippen MR) is 101 cm³/mol. The highest BCUT2D eigenvalue weighted by atomic mass is 32.2. The van der Waals surface area contributed by atoms with E-state index >= 15 is 0 Å². The van der Waals surface area contributed by atoms with Gasteiger partial charge < -0.3 is 4.90 Å². The van der Waals surface area contributed by atoms with E-state index in [9.17, 15) is 22.8 Å². The number of benzene rings is 1. The molecule has 3 amide bonds. The van der Waals surface area contributed by atoms with Gasteiger partial charge in [0.2, 0.25) is 21.8 Å². The number of nitrogens with zero attached hydrogens (tertiary/aromatic N) is 1. The average molecular weight is 419 g/mol. The second-order valence-corrected chi connectivity index (χ2v) is 9.22. The van der Waals surface area contributed by atoms with Crippen LogP contribution in [0.1, 0.15) is 34.3 Å². The van der Waals surface area contributed by atoms with Gasteiger partial charge in [-0.25, -0.2) is 13.1 Å². The average Bonchev–Trinajstić information content (AvgIpc) is 3.30. The molecular formula is C18H17N3O5S2. The van der Waals surface area contributed by atoms with Crippen molar-refractivity contribution in [3.63, 3.8) is 0 Å². The first-order chi connectivity index (χ1) is 13.3. The monoisotopic (exact) mass is 419 g/mol. The number of nitrogens with one attached hydrogen (secondary N) is 2. The molecule has 8 nitrogen and oxygen atoms in total. The van der Waals surface area contributed by atoms with Gasteiger partial charge in [0.15, 0.2) is 0 Å². The lowest BCUT2D eigenvalue weighted by molar-refractivity contribution is -0.136. The molecule has 2 N–H and O–H groups in total. The van der Waals surface area contributed by atoms with Crippen molar-refractivity contribution in [2.24, 2.45) is 0 Å². The van der Waals surface area contributed by atoms with Crippen LogP contribution in [0.5, 0.6) is 0 Å². The van der Waals surface area contributed by atoms with Gasteiger partial charge in [-0.2, -0.15) is 11.3 Å². The summed E-state index contributed by atoms with van der Waals surface area (Å²) < 4.78 is 27.0. The Hall–Kier alpha value is -2.56. The molecular weight excluding hydrogens is 402 g/mol. The predicted octanol–water partition coefficient (Wildman–Crippen LogP) is 0.988. The van der Waals surface area contributed by atoms with Crippen LogP contribution in [0.2, 0.25) is 0 Å². The molecule has 146 valence electrons. The molecule has 1 atom stereocenters. The molecule has 10 heteroatoms. The first kappa shape index (κ1) is 18.8. The van der Waals surface area contributed by atoms with E-state index in [-0.39, 0.29) is 29.7 Å². The van der Waals surface area contributed by atoms with Gasteiger partial charge in [0.05, 0.1) is 4.90 Å². The van der Waals surface area contributed by atoms with Crippen LogP contribution < -0.4 is 10.0 Å². The Kier molecular flexibility index (Phi) is 4.77. The van der Waals surface area contributed by atoms with E-state index in [0.717, 1.165) is 5.56 Å². The summed E-state index contributed by atoms with van der Waals surface area (Å²) in [5.74, 6) is -1.07. The minimum absolute atomic E-state index is 0.0527. The summed E-state index contributed by atoms with van der Waals surface area (Å²) in [6.07, 6.45) is 0.504. The highest BCUT2D eigenvalue weighted by molar-refractivity contribution is 7.89. The second kappa shape index (κ2) is 7.12. The maximum atomic E-state index is 12.8. The number of thiophene rings is 1. The lowest BCUT2D eigenvalue weighted by Crippen LogP contribution is -2.52. The maximum absolute atomic E-state index is 12.8. The molecule has 2 aromatic rings. The van der Waals surface area contributed by atoms with E-state index in [0.29, 0.717) is 24.1 Å². The third-order valence-corrected chi connectivity index (χ3v) is 7.10. The molecule has 1 saturated heterocycles. The minimum Gasteiger partial charge on any atom is -0.322 e. The van der Waals surface area contributed by atoms with Crippen LogP contribution in [0.15, 0.2) is 39.9 Å². The lowest BCUT2D eigenvalue weighted by Gasteiger charge is -2.29. The Morgan fingerprint density at radius 2 is 2.04 bits per heavy atom. The van der Waals surface area contributed by atoms with Crippen LogP contribution in [0.4, 0.5) is 0 Å². The van der Waals surface area contributed by atoms with Crippen molar-refractivity contribution in [2.45, 2.75) is 36.9 Å². The van der Waals surface area contributed by atoms with Crippen LogP contribution >= 0.6 is 11.3 Å². The van der Waals surface area contributed by atoms with E-state index in [2.05, 4.69) is 10.0 Å². The van der Waals surface area contributed by atoms with Crippen molar-refractivity contribution in [1.29, 1.82) is 0 Å². The van der Waals surface area contributed by atoms with E-state index in [4.69, 9.17) is 0 Å². The normalized spacial score (nSPS) is 19.6. The highest BCUT2D eigenvalue weighted by Gasteiger charge is 2.39. The summed E-state index contributed by atoms with van der Waals surface area (Å²) in [5, 5.41) is 5.50. The molecule has 1 fully saturated rings. The number of piperidine rings is 1. The smallest absolute Gasteiger partial charge is 0.255 e. The number of carbonyl (C=O) groups is 3. The van der Waals surface area contributed by atoms with Gasteiger partial charge in [0.25, 0.3) is 5.91 Å². The SMILES string of the molecule is O=C1CCC(N2Cc3ccc(CNS(=O)(=O)c4ccsc4)cc3C2=O)C(=O)N1. The Morgan fingerprint density at radius 3 is 2.75 bits per heavy atom. The summed E-state index contributed by atoms with van der Waals surface area (Å²) in [6.45, 7) is 0.346. The molecule has 2 aliphatic rings. The number of carbonyl (C=O) groups excluding carboxylic acids is 3. The molecule has 0 saturated carbocycles. The summed E-state index contributed by atoms with van der Waals surface area (Å²) in [4.78, 5) is 37.9. The molecule has 0 radical (unpaired) electrons. The minimum atomic E-state index is -3.60. The van der Waals surface area contributed by atoms with Gasteiger partial charge in [-0.1, -0.05) is 12.1 Å². The second-order valence-electron chi connectivity index (χ2n) is 6.68. The molecule has 4 rings (SSSR count). The van der Waals surface area contributed by atoms with Crippen LogP contribution in [-0.4, -0.2) is 37.1 Å². The topological polar surface area (TPSA) is 113 Å². The molecule has 1 unspecified atom stereocenters. The summed E-state index contributed by atoms with van der Waals surface area (Å²) >= 11 is 1.30. The van der Waals surface area contributed by atoms with E-state index in [1.807, 2.05) is 0 Å². The zero-order valence-electron chi connectivity index (χ0n) is 14.7. The van der Waals surface area contributed by atoms with Crippen molar-refractivity contribution in [1.82, 2.24) is 14.9 Å². The van der Waals surface area contributed by atoms with Crippen molar-refractivity contribution < 1.29 is 22.8 Å². The van der Waals surface area contributed by atoms with Gasteiger partial charge in [0, 0.05) is 30.5 Å². The third kappa shape index (κ3) is 3.46. The summed E-state index contributed by atoms with van der Waals surface area (Å²) in [6, 6.07) is 6.04. The van der Waals surface area contributed by atoms with E-state index in [1.54, 1.807) is 29.0 Å². The summed E-state index contributed by atoms with van der Waals surface area (Å²) in [5.41, 5.74) is 1.88. The number of fused-ring (bicyclic) bond motifs is 1. The number of imide groups is 1. The van der Waals surface area contributed by atoms with Crippen LogP contribution in [0, 0.1) is 0 Å². The number of amides is 3. The van der Waals surface area contributed by atoms with Crippen LogP contribution in [-0.2, 0) is 32.7 Å². The fourth-order valence-corrected chi connectivity index (χ4v) is 5.42. The molecule has 1 aromatic carbocycles. The first-order valence-electron chi connectivity index (χ1n) is 8.63. The van der Waals surface area contributed by atoms with E-state index < -0.39 is 22.0 Å². The fourth-order valence-electron chi connectivity index (χ4n) is 3.38. The van der Waals surface area contributed by atoms with Crippen molar-refractivity contribution in [3.8, 4) is 0 Å². The van der Waals surface area contributed by atoms with Crippen LogP contribution in [0.25, 0.3) is 0 Å². The van der Waals surface area contributed by atoms with Crippen molar-refractivity contribution in [2.75, 3.05) is 0 Å². The van der Waals surface area contributed by atoms with Gasteiger partial charge in [-0.3, -0.25) is 19.7 Å². The highest BCUT2D eigenvalue weighted by Crippen LogP contribution is 2.28. The van der Waals surface area contributed by atoms with Gasteiger partial charge >= 0.3 is 0 Å². The third-order valence-electron chi connectivity index (χ3n) is 4.86. The maximum Gasteiger partial charge on any atom is 0.255 e. The largest absolute Gasteiger partial charge is 0.322 e. The molecule has 28 heavy (non-hydrogen) atoms. The summed E-state index contributed by atoms with van der Waals surface area (Å²) in [7, 11) is -3.60. The fraction of sp³-hybridized carbons (Fsp3) is 0.278. The molecule has 2 aliphatic heterocycles. The Labute approximate surface area is 165 Å². The molecule has 3 heterocycles.